The van der Waals surface area contributed by atoms with E-state index in [0.717, 1.165) is 6.07 Å². The van der Waals surface area contributed by atoms with Crippen molar-refractivity contribution in [3.63, 3.8) is 0 Å². The van der Waals surface area contributed by atoms with E-state index in [9.17, 15) is 14.0 Å². The maximum absolute atomic E-state index is 13.2. The van der Waals surface area contributed by atoms with E-state index in [1.807, 2.05) is 0 Å². The molecule has 0 spiro atoms. The third-order valence-electron chi connectivity index (χ3n) is 4.15. The van der Waals surface area contributed by atoms with Crippen molar-refractivity contribution in [3.05, 3.63) is 53.3 Å². The van der Waals surface area contributed by atoms with Crippen LogP contribution >= 0.6 is 11.6 Å². The summed E-state index contributed by atoms with van der Waals surface area (Å²) in [6, 6.07) is 10.8. The Morgan fingerprint density at radius 1 is 1.12 bits per heavy atom. The summed E-state index contributed by atoms with van der Waals surface area (Å²) in [5.41, 5.74) is -0.298. The second-order valence-corrected chi connectivity index (χ2v) is 6.23. The van der Waals surface area contributed by atoms with Crippen LogP contribution in [0.2, 0.25) is 5.02 Å². The first-order chi connectivity index (χ1) is 12.0. The molecule has 0 aromatic heterocycles. The number of benzene rings is 2. The molecule has 2 amide bonds. The van der Waals surface area contributed by atoms with Crippen LogP contribution in [0.4, 0.5) is 15.8 Å². The van der Waals surface area contributed by atoms with Gasteiger partial charge in [0, 0.05) is 5.69 Å². The fraction of sp³-hybridized carbons (Fsp3) is 0.222. The highest BCUT2D eigenvalue weighted by Crippen LogP contribution is 2.48. The molecule has 1 fully saturated rings. The second-order valence-electron chi connectivity index (χ2n) is 5.82. The number of hydrogen-bond acceptors (Lipinski definition) is 3. The molecule has 7 heteroatoms. The zero-order valence-electron chi connectivity index (χ0n) is 13.4. The monoisotopic (exact) mass is 362 g/mol. The molecule has 0 radical (unpaired) electrons. The number of rotatable bonds is 5. The van der Waals surface area contributed by atoms with Crippen LogP contribution in [0.25, 0.3) is 0 Å². The lowest BCUT2D eigenvalue weighted by Gasteiger charge is -2.17. The maximum Gasteiger partial charge on any atom is 0.240 e. The number of hydrogen-bond donors (Lipinski definition) is 2. The fourth-order valence-electron chi connectivity index (χ4n) is 2.50. The lowest BCUT2D eigenvalue weighted by Crippen LogP contribution is -2.35. The Balaban J connectivity index is 1.73. The number of methoxy groups -OCH3 is 1. The van der Waals surface area contributed by atoms with Crippen LogP contribution < -0.4 is 15.4 Å². The first-order valence-corrected chi connectivity index (χ1v) is 8.05. The summed E-state index contributed by atoms with van der Waals surface area (Å²) in [7, 11) is 1.50. The summed E-state index contributed by atoms with van der Waals surface area (Å²) in [6.45, 7) is 0. The molecule has 0 aliphatic heterocycles. The minimum atomic E-state index is -1.14. The predicted octanol–water partition coefficient (Wildman–Crippen LogP) is 3.85. The molecule has 0 unspecified atom stereocenters. The molecule has 2 aromatic rings. The summed E-state index contributed by atoms with van der Waals surface area (Å²) in [4.78, 5) is 25.1. The Kier molecular flexibility index (Phi) is 4.63. The third-order valence-corrected chi connectivity index (χ3v) is 4.44. The molecular formula is C18H16ClFN2O3. The molecule has 0 bridgehead atoms. The van der Waals surface area contributed by atoms with Gasteiger partial charge in [0.1, 0.15) is 17.0 Å². The quantitative estimate of drug-likeness (QED) is 0.794. The average molecular weight is 363 g/mol. The van der Waals surface area contributed by atoms with Gasteiger partial charge in [0.2, 0.25) is 11.8 Å². The van der Waals surface area contributed by atoms with E-state index in [0.29, 0.717) is 30.0 Å². The van der Waals surface area contributed by atoms with Gasteiger partial charge in [0.25, 0.3) is 0 Å². The van der Waals surface area contributed by atoms with E-state index >= 15 is 0 Å². The summed E-state index contributed by atoms with van der Waals surface area (Å²) < 4.78 is 18.4. The smallest absolute Gasteiger partial charge is 0.240 e. The zero-order chi connectivity index (χ0) is 18.0. The largest absolute Gasteiger partial charge is 0.495 e. The number of carbonyl (C=O) groups is 2. The SMILES string of the molecule is COc1ccccc1NC(=O)C1(C(=O)Nc2ccc(F)c(Cl)c2)CC1. The van der Waals surface area contributed by atoms with Crippen molar-refractivity contribution in [1.82, 2.24) is 0 Å². The van der Waals surface area contributed by atoms with Gasteiger partial charge in [-0.05, 0) is 43.2 Å². The number of ether oxygens (including phenoxy) is 1. The first-order valence-electron chi connectivity index (χ1n) is 7.67. The van der Waals surface area contributed by atoms with Crippen LogP contribution in [0.3, 0.4) is 0 Å². The van der Waals surface area contributed by atoms with Crippen LogP contribution in [0.15, 0.2) is 42.5 Å². The van der Waals surface area contributed by atoms with Gasteiger partial charge >= 0.3 is 0 Å². The van der Waals surface area contributed by atoms with Gasteiger partial charge < -0.3 is 15.4 Å². The Labute approximate surface area is 149 Å². The molecule has 130 valence electrons. The van der Waals surface area contributed by atoms with E-state index in [1.54, 1.807) is 24.3 Å². The molecule has 1 aliphatic carbocycles. The molecule has 0 saturated heterocycles. The summed E-state index contributed by atoms with van der Waals surface area (Å²) in [5.74, 6) is -0.905. The van der Waals surface area contributed by atoms with Gasteiger partial charge in [0.05, 0.1) is 17.8 Å². The topological polar surface area (TPSA) is 67.4 Å². The summed E-state index contributed by atoms with van der Waals surface area (Å²) in [6.07, 6.45) is 0.878. The highest BCUT2D eigenvalue weighted by molar-refractivity contribution is 6.31. The normalized spacial score (nSPS) is 14.5. The van der Waals surface area contributed by atoms with Gasteiger partial charge in [-0.2, -0.15) is 0 Å². The Hall–Kier alpha value is -2.60. The van der Waals surface area contributed by atoms with Gasteiger partial charge in [-0.1, -0.05) is 23.7 Å². The zero-order valence-corrected chi connectivity index (χ0v) is 14.2. The molecule has 1 saturated carbocycles. The minimum Gasteiger partial charge on any atom is -0.495 e. The maximum atomic E-state index is 13.2. The van der Waals surface area contributed by atoms with Gasteiger partial charge in [-0.3, -0.25) is 9.59 Å². The van der Waals surface area contributed by atoms with Crippen molar-refractivity contribution in [2.24, 2.45) is 5.41 Å². The molecule has 5 nitrogen and oxygen atoms in total. The third kappa shape index (κ3) is 3.44. The van der Waals surface area contributed by atoms with E-state index in [-0.39, 0.29) is 5.02 Å². The number of para-hydroxylation sites is 2. The fourth-order valence-corrected chi connectivity index (χ4v) is 2.68. The standard InChI is InChI=1S/C18H16ClFN2O3/c1-25-15-5-3-2-4-14(15)22-17(24)18(8-9-18)16(23)21-11-6-7-13(20)12(19)10-11/h2-7,10H,8-9H2,1H3,(H,21,23)(H,22,24). The van der Waals surface area contributed by atoms with Gasteiger partial charge in [0.15, 0.2) is 0 Å². The van der Waals surface area contributed by atoms with Crippen molar-refractivity contribution in [2.75, 3.05) is 17.7 Å². The van der Waals surface area contributed by atoms with Crippen LogP contribution in [-0.2, 0) is 9.59 Å². The summed E-state index contributed by atoms with van der Waals surface area (Å²) in [5, 5.41) is 5.27. The van der Waals surface area contributed by atoms with Crippen molar-refractivity contribution in [2.45, 2.75) is 12.8 Å². The van der Waals surface area contributed by atoms with Gasteiger partial charge in [-0.25, -0.2) is 4.39 Å². The van der Waals surface area contributed by atoms with Crippen molar-refractivity contribution in [1.29, 1.82) is 0 Å². The van der Waals surface area contributed by atoms with Crippen LogP contribution in [0.5, 0.6) is 5.75 Å². The molecule has 0 heterocycles. The van der Waals surface area contributed by atoms with Crippen LogP contribution in [0.1, 0.15) is 12.8 Å². The minimum absolute atomic E-state index is 0.0962. The molecule has 25 heavy (non-hydrogen) atoms. The highest BCUT2D eigenvalue weighted by atomic mass is 35.5. The molecule has 2 N–H and O–H groups in total. The average Bonchev–Trinajstić information content (AvgIpc) is 3.40. The first kappa shape index (κ1) is 17.2. The lowest BCUT2D eigenvalue weighted by molar-refractivity contribution is -0.131. The van der Waals surface area contributed by atoms with Crippen LogP contribution in [-0.4, -0.2) is 18.9 Å². The van der Waals surface area contributed by atoms with Crippen molar-refractivity contribution < 1.29 is 18.7 Å². The second kappa shape index (κ2) is 6.72. The van der Waals surface area contributed by atoms with E-state index < -0.39 is 23.0 Å². The van der Waals surface area contributed by atoms with Crippen LogP contribution in [0, 0.1) is 11.2 Å². The molecule has 1 aliphatic rings. The number of halogens is 2. The molecular weight excluding hydrogens is 347 g/mol. The van der Waals surface area contributed by atoms with E-state index in [2.05, 4.69) is 10.6 Å². The van der Waals surface area contributed by atoms with E-state index in [4.69, 9.17) is 16.3 Å². The Bertz CT molecular complexity index is 837. The van der Waals surface area contributed by atoms with Crippen molar-refractivity contribution in [3.8, 4) is 5.75 Å². The number of anilines is 2. The Morgan fingerprint density at radius 3 is 2.44 bits per heavy atom. The summed E-state index contributed by atoms with van der Waals surface area (Å²) >= 11 is 5.71. The predicted molar refractivity (Wildman–Crippen MR) is 93.3 cm³/mol. The molecule has 0 atom stereocenters. The Morgan fingerprint density at radius 2 is 1.80 bits per heavy atom. The number of carbonyl (C=O) groups excluding carboxylic acids is 2. The van der Waals surface area contributed by atoms with Crippen molar-refractivity contribution >= 4 is 34.8 Å². The van der Waals surface area contributed by atoms with E-state index in [1.165, 1.54) is 19.2 Å². The number of amides is 2. The van der Waals surface area contributed by atoms with Gasteiger partial charge in [-0.15, -0.1) is 0 Å². The molecule has 3 rings (SSSR count). The highest BCUT2D eigenvalue weighted by Gasteiger charge is 2.56. The molecule has 2 aromatic carbocycles. The lowest BCUT2D eigenvalue weighted by atomic mass is 10.0. The number of nitrogens with one attached hydrogen (secondary N) is 2.